The molecule has 0 saturated carbocycles. The van der Waals surface area contributed by atoms with Crippen LogP contribution in [0.1, 0.15) is 12.8 Å². The van der Waals surface area contributed by atoms with E-state index in [1.165, 1.54) is 4.90 Å². The Hall–Kier alpha value is -1.57. The largest absolute Gasteiger partial charge is 0.341 e. The minimum atomic E-state index is -0.388. The van der Waals surface area contributed by atoms with Gasteiger partial charge in [-0.25, -0.2) is 0 Å². The molecule has 70 valence electrons. The number of rotatable bonds is 2. The molecule has 2 amide bonds. The van der Waals surface area contributed by atoms with Gasteiger partial charge in [-0.1, -0.05) is 0 Å². The van der Waals surface area contributed by atoms with Gasteiger partial charge in [0.1, 0.15) is 12.6 Å². The number of nitriles is 1. The van der Waals surface area contributed by atoms with E-state index in [-0.39, 0.29) is 24.4 Å². The van der Waals surface area contributed by atoms with Crippen molar-refractivity contribution in [2.24, 2.45) is 0 Å². The van der Waals surface area contributed by atoms with Crippen LogP contribution in [-0.2, 0) is 9.59 Å². The van der Waals surface area contributed by atoms with E-state index in [1.54, 1.807) is 7.05 Å². The molecule has 0 bridgehead atoms. The first-order chi connectivity index (χ1) is 6.16. The molecule has 1 heterocycles. The summed E-state index contributed by atoms with van der Waals surface area (Å²) in [5.74, 6) is -0.257. The van der Waals surface area contributed by atoms with Crippen molar-refractivity contribution in [1.29, 1.82) is 5.26 Å². The maximum absolute atomic E-state index is 11.3. The Balaban J connectivity index is 2.49. The molecule has 0 aromatic carbocycles. The molecule has 1 N–H and O–H groups in total. The van der Waals surface area contributed by atoms with E-state index in [2.05, 4.69) is 5.32 Å². The maximum Gasteiger partial charge on any atom is 0.243 e. The standard InChI is InChI=1S/C8H11N3O2/c1-11-6(2-3-7(11)12)8(13)10-5-4-9/h6H,2-3,5H2,1H3,(H,10,13)/t6-/m1/s1. The Kier molecular flexibility index (Phi) is 2.85. The molecule has 1 fully saturated rings. The molecule has 5 heteroatoms. The zero-order chi connectivity index (χ0) is 9.84. The zero-order valence-corrected chi connectivity index (χ0v) is 7.41. The van der Waals surface area contributed by atoms with Gasteiger partial charge < -0.3 is 10.2 Å². The van der Waals surface area contributed by atoms with Crippen LogP contribution in [-0.4, -0.2) is 36.3 Å². The van der Waals surface area contributed by atoms with Crippen molar-refractivity contribution in [3.05, 3.63) is 0 Å². The molecule has 0 aliphatic carbocycles. The molecule has 1 aliphatic rings. The fourth-order valence-corrected chi connectivity index (χ4v) is 1.36. The Morgan fingerprint density at radius 3 is 3.00 bits per heavy atom. The molecule has 0 radical (unpaired) electrons. The van der Waals surface area contributed by atoms with Crippen molar-refractivity contribution in [3.63, 3.8) is 0 Å². The second-order valence-electron chi connectivity index (χ2n) is 2.94. The first-order valence-corrected chi connectivity index (χ1v) is 4.07. The monoisotopic (exact) mass is 181 g/mol. The van der Waals surface area contributed by atoms with Crippen LogP contribution in [0.5, 0.6) is 0 Å². The summed E-state index contributed by atoms with van der Waals surface area (Å²) in [6, 6.07) is 1.42. The summed E-state index contributed by atoms with van der Waals surface area (Å²) in [6.45, 7) is -0.00262. The summed E-state index contributed by atoms with van der Waals surface area (Å²) in [6.07, 6.45) is 0.966. The number of hydrogen-bond donors (Lipinski definition) is 1. The van der Waals surface area contributed by atoms with Gasteiger partial charge in [-0.2, -0.15) is 5.26 Å². The van der Waals surface area contributed by atoms with Gasteiger partial charge in [-0.3, -0.25) is 9.59 Å². The Morgan fingerprint density at radius 2 is 2.54 bits per heavy atom. The van der Waals surface area contributed by atoms with Crippen LogP contribution in [0.25, 0.3) is 0 Å². The van der Waals surface area contributed by atoms with Crippen molar-refractivity contribution in [2.45, 2.75) is 18.9 Å². The predicted molar refractivity (Wildman–Crippen MR) is 44.4 cm³/mol. The second-order valence-corrected chi connectivity index (χ2v) is 2.94. The Bertz CT molecular complexity index is 269. The van der Waals surface area contributed by atoms with Crippen LogP contribution in [0.2, 0.25) is 0 Å². The summed E-state index contributed by atoms with van der Waals surface area (Å²) in [7, 11) is 1.60. The third-order valence-corrected chi connectivity index (χ3v) is 2.14. The lowest BCUT2D eigenvalue weighted by Gasteiger charge is -2.17. The van der Waals surface area contributed by atoms with Gasteiger partial charge in [0.2, 0.25) is 11.8 Å². The molecule has 1 saturated heterocycles. The predicted octanol–water partition coefficient (Wildman–Crippen LogP) is -0.753. The van der Waals surface area contributed by atoms with Crippen LogP contribution in [0.3, 0.4) is 0 Å². The van der Waals surface area contributed by atoms with Gasteiger partial charge >= 0.3 is 0 Å². The summed E-state index contributed by atoms with van der Waals surface area (Å²) in [5, 5.41) is 10.7. The van der Waals surface area contributed by atoms with Crippen molar-refractivity contribution < 1.29 is 9.59 Å². The Morgan fingerprint density at radius 1 is 1.85 bits per heavy atom. The SMILES string of the molecule is CN1C(=O)CC[C@@H]1C(=O)NCC#N. The molecule has 1 atom stereocenters. The number of likely N-dealkylation sites (N-methyl/N-ethyl adjacent to an activating group) is 1. The summed E-state index contributed by atoms with van der Waals surface area (Å²) in [4.78, 5) is 23.8. The third-order valence-electron chi connectivity index (χ3n) is 2.14. The number of nitrogens with one attached hydrogen (secondary N) is 1. The van der Waals surface area contributed by atoms with E-state index < -0.39 is 0 Å². The summed E-state index contributed by atoms with van der Waals surface area (Å²) < 4.78 is 0. The molecule has 0 aromatic heterocycles. The molecule has 13 heavy (non-hydrogen) atoms. The maximum atomic E-state index is 11.3. The number of nitrogens with zero attached hydrogens (tertiary/aromatic N) is 2. The zero-order valence-electron chi connectivity index (χ0n) is 7.41. The first kappa shape index (κ1) is 9.52. The topological polar surface area (TPSA) is 73.2 Å². The molecule has 0 unspecified atom stereocenters. The lowest BCUT2D eigenvalue weighted by molar-refractivity contribution is -0.133. The molecule has 1 rings (SSSR count). The van der Waals surface area contributed by atoms with Crippen molar-refractivity contribution in [2.75, 3.05) is 13.6 Å². The molecule has 5 nitrogen and oxygen atoms in total. The van der Waals surface area contributed by atoms with Crippen LogP contribution in [0, 0.1) is 11.3 Å². The number of hydrogen-bond acceptors (Lipinski definition) is 3. The Labute approximate surface area is 76.3 Å². The van der Waals surface area contributed by atoms with Crippen LogP contribution in [0.15, 0.2) is 0 Å². The first-order valence-electron chi connectivity index (χ1n) is 4.07. The second kappa shape index (κ2) is 3.90. The highest BCUT2D eigenvalue weighted by atomic mass is 16.2. The minimum absolute atomic E-state index is 0.00262. The van der Waals surface area contributed by atoms with Gasteiger partial charge in [0.25, 0.3) is 0 Å². The van der Waals surface area contributed by atoms with E-state index >= 15 is 0 Å². The lowest BCUT2D eigenvalue weighted by atomic mass is 10.2. The van der Waals surface area contributed by atoms with E-state index in [9.17, 15) is 9.59 Å². The molecule has 0 spiro atoms. The van der Waals surface area contributed by atoms with Crippen molar-refractivity contribution >= 4 is 11.8 Å². The van der Waals surface area contributed by atoms with E-state index in [0.717, 1.165) is 0 Å². The van der Waals surface area contributed by atoms with Crippen molar-refractivity contribution in [3.8, 4) is 6.07 Å². The van der Waals surface area contributed by atoms with E-state index in [0.29, 0.717) is 12.8 Å². The van der Waals surface area contributed by atoms with E-state index in [4.69, 9.17) is 5.26 Å². The van der Waals surface area contributed by atoms with Gasteiger partial charge in [-0.15, -0.1) is 0 Å². The average molecular weight is 181 g/mol. The number of likely N-dealkylation sites (tertiary alicyclic amines) is 1. The molecule has 1 aliphatic heterocycles. The van der Waals surface area contributed by atoms with Crippen LogP contribution in [0.4, 0.5) is 0 Å². The van der Waals surface area contributed by atoms with Crippen LogP contribution >= 0.6 is 0 Å². The third kappa shape index (κ3) is 1.96. The van der Waals surface area contributed by atoms with Gasteiger partial charge in [0.15, 0.2) is 0 Å². The number of carbonyl (C=O) groups is 2. The minimum Gasteiger partial charge on any atom is -0.341 e. The van der Waals surface area contributed by atoms with Gasteiger partial charge in [-0.05, 0) is 6.42 Å². The number of amides is 2. The lowest BCUT2D eigenvalue weighted by Crippen LogP contribution is -2.42. The van der Waals surface area contributed by atoms with Gasteiger partial charge in [0.05, 0.1) is 6.07 Å². The number of carbonyl (C=O) groups excluding carboxylic acids is 2. The highest BCUT2D eigenvalue weighted by Gasteiger charge is 2.32. The quantitative estimate of drug-likeness (QED) is 0.569. The highest BCUT2D eigenvalue weighted by Crippen LogP contribution is 2.15. The van der Waals surface area contributed by atoms with Gasteiger partial charge in [0, 0.05) is 13.5 Å². The average Bonchev–Trinajstić information content (AvgIpc) is 2.44. The molecular formula is C8H11N3O2. The van der Waals surface area contributed by atoms with E-state index in [1.807, 2.05) is 6.07 Å². The normalized spacial score (nSPS) is 21.4. The summed E-state index contributed by atoms with van der Waals surface area (Å²) in [5.41, 5.74) is 0. The smallest absolute Gasteiger partial charge is 0.243 e. The fraction of sp³-hybridized carbons (Fsp3) is 0.625. The molecular weight excluding hydrogens is 170 g/mol. The summed E-state index contributed by atoms with van der Waals surface area (Å²) >= 11 is 0. The highest BCUT2D eigenvalue weighted by molar-refractivity contribution is 5.90. The van der Waals surface area contributed by atoms with Crippen LogP contribution < -0.4 is 5.32 Å². The van der Waals surface area contributed by atoms with Crippen molar-refractivity contribution in [1.82, 2.24) is 10.2 Å². The fourth-order valence-electron chi connectivity index (χ4n) is 1.36. The molecule has 0 aromatic rings.